The molecule has 0 spiro atoms. The van der Waals surface area contributed by atoms with Crippen molar-refractivity contribution in [1.82, 2.24) is 30.0 Å². The number of aryl methyl sites for hydroxylation is 1. The molecule has 6 rings (SSSR count). The number of likely N-dealkylation sites (tertiary alicyclic amines) is 1. The third kappa shape index (κ3) is 5.67. The molecule has 43 heavy (non-hydrogen) atoms. The first kappa shape index (κ1) is 28.7. The van der Waals surface area contributed by atoms with Gasteiger partial charge in [-0.25, -0.2) is 14.4 Å². The monoisotopic (exact) mass is 600 g/mol. The Morgan fingerprint density at radius 1 is 1.05 bits per heavy atom. The summed E-state index contributed by atoms with van der Waals surface area (Å²) < 4.78 is 16.5. The summed E-state index contributed by atoms with van der Waals surface area (Å²) in [6.45, 7) is 4.46. The molecular weight excluding hydrogens is 571 g/mol. The Kier molecular flexibility index (Phi) is 7.56. The molecule has 2 amide bonds. The van der Waals surface area contributed by atoms with Crippen molar-refractivity contribution in [3.63, 3.8) is 0 Å². The molecule has 2 aliphatic rings. The van der Waals surface area contributed by atoms with E-state index >= 15 is 0 Å². The lowest BCUT2D eigenvalue weighted by atomic mass is 10.0. The average Bonchev–Trinajstić information content (AvgIpc) is 3.50. The molecule has 2 aromatic heterocycles. The van der Waals surface area contributed by atoms with Crippen LogP contribution in [0.3, 0.4) is 0 Å². The smallest absolute Gasteiger partial charge is 0.245 e. The molecule has 4 aromatic rings. The summed E-state index contributed by atoms with van der Waals surface area (Å²) in [5, 5.41) is 8.29. The molecule has 3 heterocycles. The summed E-state index contributed by atoms with van der Waals surface area (Å²) in [6, 6.07) is 11.7. The van der Waals surface area contributed by atoms with E-state index in [2.05, 4.69) is 20.4 Å². The summed E-state index contributed by atoms with van der Waals surface area (Å²) in [5.41, 5.74) is 3.53. The first-order chi connectivity index (χ1) is 20.6. The van der Waals surface area contributed by atoms with Crippen molar-refractivity contribution < 1.29 is 18.8 Å². The number of allylic oxidation sites excluding steroid dienone is 1. The topological polar surface area (TPSA) is 110 Å². The van der Waals surface area contributed by atoms with Crippen molar-refractivity contribution in [3.05, 3.63) is 82.8 Å². The number of hydrogen-bond acceptors (Lipinski definition) is 6. The molecule has 1 saturated carbocycles. The number of aromatic nitrogens is 4. The number of nitrogens with zero attached hydrogens (tertiary/aromatic N) is 5. The minimum absolute atomic E-state index is 0.0286. The van der Waals surface area contributed by atoms with Gasteiger partial charge in [-0.3, -0.25) is 19.1 Å². The van der Waals surface area contributed by atoms with Crippen LogP contribution in [0.2, 0.25) is 5.02 Å². The van der Waals surface area contributed by atoms with Crippen molar-refractivity contribution in [1.29, 1.82) is 0 Å². The van der Waals surface area contributed by atoms with Crippen LogP contribution in [0.4, 0.5) is 4.39 Å². The predicted molar refractivity (Wildman–Crippen MR) is 161 cm³/mol. The molecule has 220 valence electrons. The van der Waals surface area contributed by atoms with Gasteiger partial charge in [-0.05, 0) is 73.6 Å². The van der Waals surface area contributed by atoms with Crippen molar-refractivity contribution in [2.75, 3.05) is 6.54 Å². The number of amides is 2. The molecule has 0 unspecified atom stereocenters. The van der Waals surface area contributed by atoms with Crippen LogP contribution in [0.5, 0.6) is 0 Å². The van der Waals surface area contributed by atoms with E-state index in [1.165, 1.54) is 11.6 Å². The highest BCUT2D eigenvalue weighted by Gasteiger charge is 2.56. The molecule has 1 N–H and O–H groups in total. The fraction of sp³-hybridized carbons (Fsp3) is 0.312. The first-order valence-corrected chi connectivity index (χ1v) is 14.5. The molecule has 3 atom stereocenters. The number of carbonyl (C=O) groups is 3. The second-order valence-corrected chi connectivity index (χ2v) is 11.6. The number of fused-ring (bicyclic) bond motifs is 2. The number of rotatable bonds is 8. The zero-order valence-electron chi connectivity index (χ0n) is 24.0. The maximum absolute atomic E-state index is 15.0. The molecule has 1 aliphatic carbocycles. The van der Waals surface area contributed by atoms with Crippen LogP contribution >= 0.6 is 11.6 Å². The van der Waals surface area contributed by atoms with Crippen molar-refractivity contribution in [3.8, 4) is 11.1 Å². The zero-order valence-corrected chi connectivity index (χ0v) is 24.7. The van der Waals surface area contributed by atoms with E-state index in [0.717, 1.165) is 17.5 Å². The summed E-state index contributed by atoms with van der Waals surface area (Å²) >= 11 is 6.03. The Morgan fingerprint density at radius 3 is 2.53 bits per heavy atom. The number of nitrogens with one attached hydrogen (secondary N) is 1. The summed E-state index contributed by atoms with van der Waals surface area (Å²) in [6.07, 6.45) is 4.80. The van der Waals surface area contributed by atoms with E-state index in [1.54, 1.807) is 55.4 Å². The second kappa shape index (κ2) is 11.3. The van der Waals surface area contributed by atoms with Crippen molar-refractivity contribution in [2.45, 2.75) is 52.2 Å². The number of Topliss-reactive ketones (excluding diaryl/α,β-unsaturated/α-hetero) is 1. The minimum Gasteiger partial charge on any atom is -0.348 e. The third-order valence-corrected chi connectivity index (χ3v) is 8.50. The normalized spacial score (nSPS) is 19.7. The van der Waals surface area contributed by atoms with E-state index in [0.29, 0.717) is 39.3 Å². The number of piperidine rings is 1. The summed E-state index contributed by atoms with van der Waals surface area (Å²) in [5.74, 6) is -0.470. The lowest BCUT2D eigenvalue weighted by Crippen LogP contribution is -2.49. The van der Waals surface area contributed by atoms with Gasteiger partial charge >= 0.3 is 0 Å². The molecule has 2 fully saturated rings. The third-order valence-electron chi connectivity index (χ3n) is 8.26. The molecule has 2 aromatic carbocycles. The number of halogens is 2. The lowest BCUT2D eigenvalue weighted by molar-refractivity contribution is -0.140. The van der Waals surface area contributed by atoms with Gasteiger partial charge in [0.15, 0.2) is 5.78 Å². The molecule has 1 aliphatic heterocycles. The lowest BCUT2D eigenvalue weighted by Gasteiger charge is -2.27. The number of benzene rings is 2. The highest BCUT2D eigenvalue weighted by atomic mass is 35.5. The molecule has 11 heteroatoms. The van der Waals surface area contributed by atoms with Crippen LogP contribution in [0.25, 0.3) is 27.6 Å². The maximum atomic E-state index is 15.0. The zero-order chi connectivity index (χ0) is 30.4. The SMILES string of the molecule is CC(=O)c1nn(CC(=O)N2[C@@H]3C[C@@H]3C[C@H]2C(=O)NC/C(F)=C(\C)c2cccc(Cl)c2)c2ccc(-c3cnc(C)nc3)cc12. The van der Waals surface area contributed by atoms with Gasteiger partial charge in [-0.15, -0.1) is 0 Å². The van der Waals surface area contributed by atoms with Gasteiger partial charge in [0.1, 0.15) is 29.9 Å². The van der Waals surface area contributed by atoms with Gasteiger partial charge in [0.05, 0.1) is 12.1 Å². The highest BCUT2D eigenvalue weighted by molar-refractivity contribution is 6.30. The molecule has 1 saturated heterocycles. The molecule has 0 bridgehead atoms. The van der Waals surface area contributed by atoms with Crippen LogP contribution < -0.4 is 5.32 Å². The fourth-order valence-corrected chi connectivity index (χ4v) is 6.02. The largest absolute Gasteiger partial charge is 0.348 e. The molecule has 0 radical (unpaired) electrons. The quantitative estimate of drug-likeness (QED) is 0.280. The standard InChI is InChI=1S/C32H30ClFN6O3/c1-17(20-5-4-6-24(33)9-20)26(34)15-37-32(43)29-12-22-11-28(22)40(29)30(42)16-39-27-8-7-21(23-13-35-19(3)36-14-23)10-25(27)31(38-39)18(2)41/h4-10,13-14,22,28-29H,11-12,15-16H2,1-3H3,(H,37,43)/b26-17-/t22-,28-,29+/m1/s1. The number of ketones is 1. The fourth-order valence-electron chi connectivity index (χ4n) is 5.83. The Hall–Kier alpha value is -4.44. The maximum Gasteiger partial charge on any atom is 0.245 e. The van der Waals surface area contributed by atoms with Crippen LogP contribution in [0.15, 0.2) is 60.7 Å². The predicted octanol–water partition coefficient (Wildman–Crippen LogP) is 5.16. The first-order valence-electron chi connectivity index (χ1n) is 14.1. The Balaban J connectivity index is 1.20. The van der Waals surface area contributed by atoms with E-state index in [-0.39, 0.29) is 42.4 Å². The Bertz CT molecular complexity index is 1800. The van der Waals surface area contributed by atoms with Gasteiger partial charge in [0.2, 0.25) is 11.8 Å². The summed E-state index contributed by atoms with van der Waals surface area (Å²) in [4.78, 5) is 49.5. The van der Waals surface area contributed by atoms with Crippen LogP contribution in [-0.4, -0.2) is 60.9 Å². The number of carbonyl (C=O) groups excluding carboxylic acids is 3. The van der Waals surface area contributed by atoms with Crippen LogP contribution in [0, 0.1) is 12.8 Å². The molecular formula is C32H30ClFN6O3. The van der Waals surface area contributed by atoms with Crippen molar-refractivity contribution >= 4 is 45.7 Å². The van der Waals surface area contributed by atoms with Gasteiger partial charge in [-0.2, -0.15) is 5.10 Å². The van der Waals surface area contributed by atoms with Gasteiger partial charge in [0, 0.05) is 41.3 Å². The molecule has 9 nitrogen and oxygen atoms in total. The van der Waals surface area contributed by atoms with E-state index in [4.69, 9.17) is 11.6 Å². The van der Waals surface area contributed by atoms with E-state index in [1.807, 2.05) is 18.2 Å². The Morgan fingerprint density at radius 2 is 1.81 bits per heavy atom. The number of hydrogen-bond donors (Lipinski definition) is 1. The van der Waals surface area contributed by atoms with E-state index in [9.17, 15) is 18.8 Å². The van der Waals surface area contributed by atoms with Gasteiger partial charge < -0.3 is 10.2 Å². The van der Waals surface area contributed by atoms with E-state index < -0.39 is 17.8 Å². The highest BCUT2D eigenvalue weighted by Crippen LogP contribution is 2.48. The van der Waals surface area contributed by atoms with Gasteiger partial charge in [0.25, 0.3) is 0 Å². The average molecular weight is 601 g/mol. The minimum atomic E-state index is -0.697. The van der Waals surface area contributed by atoms with Crippen LogP contribution in [-0.2, 0) is 16.1 Å². The Labute approximate surface area is 252 Å². The second-order valence-electron chi connectivity index (χ2n) is 11.2. The van der Waals surface area contributed by atoms with Gasteiger partial charge in [-0.1, -0.05) is 29.8 Å². The summed E-state index contributed by atoms with van der Waals surface area (Å²) in [7, 11) is 0. The van der Waals surface area contributed by atoms with Crippen LogP contribution in [0.1, 0.15) is 48.6 Å². The van der Waals surface area contributed by atoms with Crippen molar-refractivity contribution in [2.24, 2.45) is 5.92 Å².